The van der Waals surface area contributed by atoms with E-state index in [1.54, 1.807) is 4.90 Å². The topological polar surface area (TPSA) is 69.7 Å². The summed E-state index contributed by atoms with van der Waals surface area (Å²) >= 11 is 0. The van der Waals surface area contributed by atoms with E-state index in [0.29, 0.717) is 19.5 Å². The monoisotopic (exact) mass is 381 g/mol. The molecule has 3 aliphatic rings. The van der Waals surface area contributed by atoms with E-state index >= 15 is 0 Å². The Hall–Kier alpha value is -2.63. The van der Waals surface area contributed by atoms with Crippen LogP contribution in [0.3, 0.4) is 0 Å². The lowest BCUT2D eigenvalue weighted by Gasteiger charge is -2.28. The molecule has 1 aromatic rings. The smallest absolute Gasteiger partial charge is 0.327 e. The number of hydrogen-bond donors (Lipinski definition) is 1. The molecule has 1 aliphatic carbocycles. The van der Waals surface area contributed by atoms with Crippen LogP contribution in [-0.4, -0.2) is 46.8 Å². The lowest BCUT2D eigenvalue weighted by Crippen LogP contribution is -2.39. The lowest BCUT2D eigenvalue weighted by atomic mass is 9.95. The average Bonchev–Trinajstić information content (AvgIpc) is 2.95. The minimum atomic E-state index is -0.427. The van der Waals surface area contributed by atoms with Crippen LogP contribution >= 0.6 is 0 Å². The van der Waals surface area contributed by atoms with Crippen molar-refractivity contribution in [2.75, 3.05) is 13.1 Å². The molecule has 4 rings (SSSR count). The summed E-state index contributed by atoms with van der Waals surface area (Å²) in [4.78, 5) is 40.4. The van der Waals surface area contributed by atoms with E-state index in [0.717, 1.165) is 30.4 Å². The highest BCUT2D eigenvalue weighted by Gasteiger charge is 2.46. The van der Waals surface area contributed by atoms with Gasteiger partial charge in [-0.1, -0.05) is 35.9 Å². The van der Waals surface area contributed by atoms with Crippen molar-refractivity contribution >= 4 is 17.8 Å². The molecule has 0 aromatic heterocycles. The predicted octanol–water partition coefficient (Wildman–Crippen LogP) is 2.77. The summed E-state index contributed by atoms with van der Waals surface area (Å²) in [5, 5.41) is 2.92. The first-order valence-corrected chi connectivity index (χ1v) is 10.3. The van der Waals surface area contributed by atoms with Crippen LogP contribution < -0.4 is 5.32 Å². The molecule has 0 saturated carbocycles. The van der Waals surface area contributed by atoms with Gasteiger partial charge in [-0.05, 0) is 43.2 Å². The number of carbonyl (C=O) groups is 3. The fraction of sp³-hybridized carbons (Fsp3) is 0.500. The van der Waals surface area contributed by atoms with E-state index in [1.807, 2.05) is 24.3 Å². The van der Waals surface area contributed by atoms with Gasteiger partial charge in [0.1, 0.15) is 6.04 Å². The fourth-order valence-electron chi connectivity index (χ4n) is 4.38. The summed E-state index contributed by atoms with van der Waals surface area (Å²) in [6.45, 7) is 1.23. The highest BCUT2D eigenvalue weighted by molar-refractivity contribution is 6.04. The van der Waals surface area contributed by atoms with Gasteiger partial charge in [0, 0.05) is 32.5 Å². The van der Waals surface area contributed by atoms with Gasteiger partial charge in [-0.15, -0.1) is 0 Å². The zero-order valence-electron chi connectivity index (χ0n) is 16.2. The van der Waals surface area contributed by atoms with Gasteiger partial charge in [-0.25, -0.2) is 4.79 Å². The van der Waals surface area contributed by atoms with Crippen molar-refractivity contribution in [2.24, 2.45) is 0 Å². The van der Waals surface area contributed by atoms with Gasteiger partial charge >= 0.3 is 6.03 Å². The summed E-state index contributed by atoms with van der Waals surface area (Å²) in [6, 6.07) is 7.23. The molecule has 0 unspecified atom stereocenters. The molecule has 6 nitrogen and oxygen atoms in total. The third-order valence-electron chi connectivity index (χ3n) is 5.99. The average molecular weight is 381 g/mol. The van der Waals surface area contributed by atoms with Crippen molar-refractivity contribution in [3.8, 4) is 0 Å². The van der Waals surface area contributed by atoms with E-state index in [4.69, 9.17) is 0 Å². The standard InChI is InChI=1S/C22H27N3O3/c26-20(23-12-10-16-6-2-1-3-7-16)11-13-24-21(27)19-14-17-8-4-5-9-18(17)15-25(19)22(24)28/h4-6,8-9,19H,1-3,7,10-15H2,(H,23,26)/t19-/m0/s1. The van der Waals surface area contributed by atoms with Crippen LogP contribution in [0.2, 0.25) is 0 Å². The third-order valence-corrected chi connectivity index (χ3v) is 5.99. The first-order chi connectivity index (χ1) is 13.6. The van der Waals surface area contributed by atoms with Crippen LogP contribution in [0.1, 0.15) is 49.7 Å². The van der Waals surface area contributed by atoms with Gasteiger partial charge in [-0.2, -0.15) is 0 Å². The molecule has 2 heterocycles. The number of nitrogens with zero attached hydrogens (tertiary/aromatic N) is 2. The van der Waals surface area contributed by atoms with Crippen molar-refractivity contribution in [3.05, 3.63) is 47.0 Å². The van der Waals surface area contributed by atoms with Crippen LogP contribution in [0, 0.1) is 0 Å². The Kier molecular flexibility index (Phi) is 5.46. The highest BCUT2D eigenvalue weighted by atomic mass is 16.2. The van der Waals surface area contributed by atoms with Crippen molar-refractivity contribution in [2.45, 2.75) is 57.5 Å². The summed E-state index contributed by atoms with van der Waals surface area (Å²) < 4.78 is 0. The van der Waals surface area contributed by atoms with Crippen molar-refractivity contribution in [3.63, 3.8) is 0 Å². The summed E-state index contributed by atoms with van der Waals surface area (Å²) in [5.41, 5.74) is 3.64. The molecule has 28 heavy (non-hydrogen) atoms. The van der Waals surface area contributed by atoms with Gasteiger partial charge in [0.2, 0.25) is 5.91 Å². The number of amides is 4. The molecule has 1 saturated heterocycles. The molecule has 148 valence electrons. The number of fused-ring (bicyclic) bond motifs is 2. The number of urea groups is 1. The molecule has 0 bridgehead atoms. The Morgan fingerprint density at radius 3 is 2.75 bits per heavy atom. The van der Waals surface area contributed by atoms with E-state index in [2.05, 4.69) is 11.4 Å². The third kappa shape index (κ3) is 3.81. The number of hydrogen-bond acceptors (Lipinski definition) is 3. The molecule has 1 atom stereocenters. The predicted molar refractivity (Wildman–Crippen MR) is 105 cm³/mol. The Morgan fingerprint density at radius 1 is 1.14 bits per heavy atom. The molecule has 1 aromatic carbocycles. The normalized spacial score (nSPS) is 21.3. The maximum atomic E-state index is 12.7. The highest BCUT2D eigenvalue weighted by Crippen LogP contribution is 2.30. The van der Waals surface area contributed by atoms with Crippen molar-refractivity contribution < 1.29 is 14.4 Å². The molecular weight excluding hydrogens is 354 g/mol. The van der Waals surface area contributed by atoms with Gasteiger partial charge in [-0.3, -0.25) is 14.5 Å². The second-order valence-electron chi connectivity index (χ2n) is 7.85. The number of allylic oxidation sites excluding steroid dienone is 1. The molecule has 2 aliphatic heterocycles. The number of nitrogens with one attached hydrogen (secondary N) is 1. The van der Waals surface area contributed by atoms with Crippen LogP contribution in [0.25, 0.3) is 0 Å². The minimum Gasteiger partial charge on any atom is -0.356 e. The summed E-state index contributed by atoms with van der Waals surface area (Å²) in [6.07, 6.45) is 8.66. The lowest BCUT2D eigenvalue weighted by molar-refractivity contribution is -0.129. The maximum Gasteiger partial charge on any atom is 0.327 e. The van der Waals surface area contributed by atoms with Gasteiger partial charge in [0.15, 0.2) is 0 Å². The van der Waals surface area contributed by atoms with Crippen LogP contribution in [0.5, 0.6) is 0 Å². The molecular formula is C22H27N3O3. The van der Waals surface area contributed by atoms with E-state index in [9.17, 15) is 14.4 Å². The van der Waals surface area contributed by atoms with Crippen LogP contribution in [0.4, 0.5) is 4.79 Å². The minimum absolute atomic E-state index is 0.106. The molecule has 4 amide bonds. The van der Waals surface area contributed by atoms with Crippen molar-refractivity contribution in [1.29, 1.82) is 0 Å². The van der Waals surface area contributed by atoms with Crippen molar-refractivity contribution in [1.82, 2.24) is 15.1 Å². The second kappa shape index (κ2) is 8.17. The second-order valence-corrected chi connectivity index (χ2v) is 7.85. The Labute approximate surface area is 165 Å². The molecule has 1 N–H and O–H groups in total. The summed E-state index contributed by atoms with van der Waals surface area (Å²) in [7, 11) is 0. The number of carbonyl (C=O) groups excluding carboxylic acids is 3. The number of imide groups is 1. The van der Waals surface area contributed by atoms with E-state index in [1.165, 1.54) is 23.3 Å². The SMILES string of the molecule is O=C(CCN1C(=O)[C@@H]2Cc3ccccc3CN2C1=O)NCCC1=CCCCC1. The largest absolute Gasteiger partial charge is 0.356 e. The summed E-state index contributed by atoms with van der Waals surface area (Å²) in [5.74, 6) is -0.287. The van der Waals surface area contributed by atoms with Crippen LogP contribution in [0.15, 0.2) is 35.9 Å². The molecule has 0 spiro atoms. The van der Waals surface area contributed by atoms with E-state index in [-0.39, 0.29) is 30.8 Å². The number of rotatable bonds is 6. The molecule has 1 fully saturated rings. The van der Waals surface area contributed by atoms with Gasteiger partial charge in [0.25, 0.3) is 5.91 Å². The zero-order chi connectivity index (χ0) is 19.5. The van der Waals surface area contributed by atoms with E-state index < -0.39 is 6.04 Å². The van der Waals surface area contributed by atoms with Gasteiger partial charge < -0.3 is 10.2 Å². The Balaban J connectivity index is 1.27. The zero-order valence-corrected chi connectivity index (χ0v) is 16.2. The molecule has 6 heteroatoms. The Morgan fingerprint density at radius 2 is 1.96 bits per heavy atom. The molecule has 0 radical (unpaired) electrons. The Bertz CT molecular complexity index is 774. The first-order valence-electron chi connectivity index (χ1n) is 10.3. The van der Waals surface area contributed by atoms with Gasteiger partial charge in [0.05, 0.1) is 0 Å². The number of benzene rings is 1. The van der Waals surface area contributed by atoms with Crippen LogP contribution in [-0.2, 0) is 22.6 Å². The quantitative estimate of drug-likeness (QED) is 0.608. The maximum absolute atomic E-state index is 12.7. The fourth-order valence-corrected chi connectivity index (χ4v) is 4.38. The first kappa shape index (κ1) is 18.7.